The number of nitrogens with one attached hydrogen (secondary N) is 1. The van der Waals surface area contributed by atoms with Crippen LogP contribution in [0.25, 0.3) is 10.9 Å². The highest BCUT2D eigenvalue weighted by molar-refractivity contribution is 5.81. The van der Waals surface area contributed by atoms with Crippen molar-refractivity contribution in [2.75, 3.05) is 18.4 Å². The van der Waals surface area contributed by atoms with Gasteiger partial charge in [0.15, 0.2) is 0 Å². The van der Waals surface area contributed by atoms with Crippen LogP contribution in [0.2, 0.25) is 0 Å². The second kappa shape index (κ2) is 8.59. The van der Waals surface area contributed by atoms with Crippen molar-refractivity contribution in [2.24, 2.45) is 0 Å². The van der Waals surface area contributed by atoms with E-state index < -0.39 is 0 Å². The Morgan fingerprint density at radius 3 is 2.70 bits per heavy atom. The molecule has 1 N–H and O–H groups in total. The van der Waals surface area contributed by atoms with E-state index >= 15 is 0 Å². The Morgan fingerprint density at radius 2 is 1.83 bits per heavy atom. The number of hydrogen-bond acceptors (Lipinski definition) is 5. The number of fused-ring (bicyclic) bond motifs is 1. The largest absolute Gasteiger partial charge is 0.339 e. The molecule has 1 aromatic carbocycles. The average molecular weight is 396 g/mol. The molecule has 5 rings (SSSR count). The van der Waals surface area contributed by atoms with Crippen LogP contribution in [0.1, 0.15) is 30.0 Å². The SMILES string of the molecule is c1ccc(Nc2ccc([C@H]3CCCN(Cc4ccnc5ccccc45)C3)nc2)nc1. The normalized spacial score (nSPS) is 17.1. The number of nitrogens with zero attached hydrogens (tertiary/aromatic N) is 4. The molecule has 5 nitrogen and oxygen atoms in total. The molecule has 3 aromatic heterocycles. The van der Waals surface area contributed by atoms with Crippen LogP contribution in [0.15, 0.2) is 79.3 Å². The first-order chi connectivity index (χ1) is 14.8. The summed E-state index contributed by atoms with van der Waals surface area (Å²) in [5.41, 5.74) is 4.56. The van der Waals surface area contributed by atoms with E-state index in [-0.39, 0.29) is 0 Å². The Labute approximate surface area is 176 Å². The lowest BCUT2D eigenvalue weighted by molar-refractivity contribution is 0.199. The highest BCUT2D eigenvalue weighted by Crippen LogP contribution is 2.28. The molecule has 4 heterocycles. The monoisotopic (exact) mass is 395 g/mol. The first kappa shape index (κ1) is 18.7. The van der Waals surface area contributed by atoms with E-state index in [1.54, 1.807) is 6.20 Å². The van der Waals surface area contributed by atoms with Crippen molar-refractivity contribution in [1.82, 2.24) is 19.9 Å². The number of hydrogen-bond donors (Lipinski definition) is 1. The molecule has 1 atom stereocenters. The second-order valence-electron chi connectivity index (χ2n) is 7.87. The van der Waals surface area contributed by atoms with Gasteiger partial charge >= 0.3 is 0 Å². The Hall–Kier alpha value is -3.31. The summed E-state index contributed by atoms with van der Waals surface area (Å²) in [6.07, 6.45) is 8.01. The summed E-state index contributed by atoms with van der Waals surface area (Å²) < 4.78 is 0. The predicted octanol–water partition coefficient (Wildman–Crippen LogP) is 5.15. The van der Waals surface area contributed by atoms with E-state index in [0.29, 0.717) is 5.92 Å². The Kier molecular flexibility index (Phi) is 5.36. The van der Waals surface area contributed by atoms with E-state index in [9.17, 15) is 0 Å². The van der Waals surface area contributed by atoms with Gasteiger partial charge in [-0.1, -0.05) is 24.3 Å². The van der Waals surface area contributed by atoms with E-state index in [1.165, 1.54) is 29.5 Å². The fourth-order valence-electron chi connectivity index (χ4n) is 4.28. The number of para-hydroxylation sites is 1. The summed E-state index contributed by atoms with van der Waals surface area (Å²) in [5, 5.41) is 4.56. The first-order valence-electron chi connectivity index (χ1n) is 10.5. The molecule has 0 radical (unpaired) electrons. The fourth-order valence-corrected chi connectivity index (χ4v) is 4.28. The average Bonchev–Trinajstić information content (AvgIpc) is 2.81. The molecule has 1 aliphatic heterocycles. The van der Waals surface area contributed by atoms with E-state index in [1.807, 2.05) is 36.7 Å². The number of pyridine rings is 3. The molecule has 0 saturated carbocycles. The van der Waals surface area contributed by atoms with Crippen LogP contribution in [0.4, 0.5) is 11.5 Å². The Morgan fingerprint density at radius 1 is 0.900 bits per heavy atom. The van der Waals surface area contributed by atoms with Gasteiger partial charge in [0.1, 0.15) is 5.82 Å². The van der Waals surface area contributed by atoms with Crippen molar-refractivity contribution < 1.29 is 0 Å². The summed E-state index contributed by atoms with van der Waals surface area (Å²) in [4.78, 5) is 16.1. The Balaban J connectivity index is 1.27. The fraction of sp³-hybridized carbons (Fsp3) is 0.240. The van der Waals surface area contributed by atoms with Gasteiger partial charge in [0, 0.05) is 42.5 Å². The molecule has 4 aromatic rings. The molecule has 1 aliphatic rings. The van der Waals surface area contributed by atoms with Gasteiger partial charge < -0.3 is 5.32 Å². The van der Waals surface area contributed by atoms with Crippen LogP contribution in [0, 0.1) is 0 Å². The molecule has 0 bridgehead atoms. The summed E-state index contributed by atoms with van der Waals surface area (Å²) >= 11 is 0. The minimum absolute atomic E-state index is 0.468. The van der Waals surface area contributed by atoms with Gasteiger partial charge in [0.05, 0.1) is 17.4 Å². The first-order valence-corrected chi connectivity index (χ1v) is 10.5. The maximum absolute atomic E-state index is 4.76. The van der Waals surface area contributed by atoms with Gasteiger partial charge in [-0.15, -0.1) is 0 Å². The van der Waals surface area contributed by atoms with Crippen LogP contribution < -0.4 is 5.32 Å². The van der Waals surface area contributed by atoms with Gasteiger partial charge in [-0.3, -0.25) is 14.9 Å². The van der Waals surface area contributed by atoms with Gasteiger partial charge in [0.25, 0.3) is 0 Å². The zero-order chi connectivity index (χ0) is 20.2. The van der Waals surface area contributed by atoms with Crippen LogP contribution in [-0.2, 0) is 6.54 Å². The maximum Gasteiger partial charge on any atom is 0.130 e. The lowest BCUT2D eigenvalue weighted by atomic mass is 9.93. The smallest absolute Gasteiger partial charge is 0.130 e. The number of piperidine rings is 1. The van der Waals surface area contributed by atoms with Crippen LogP contribution in [0.5, 0.6) is 0 Å². The standard InChI is InChI=1S/C25H25N5/c1-2-8-24-22(7-1)19(12-14-26-24)17-30-15-5-6-20(18-30)23-11-10-21(16-28-23)29-25-9-3-4-13-27-25/h1-4,7-14,16,20H,5-6,15,17-18H2,(H,27,29)/t20-/m0/s1. The predicted molar refractivity (Wildman–Crippen MR) is 121 cm³/mol. The van der Waals surface area contributed by atoms with Gasteiger partial charge in [-0.05, 0) is 61.3 Å². The summed E-state index contributed by atoms with van der Waals surface area (Å²) in [6.45, 7) is 3.13. The van der Waals surface area contributed by atoms with Crippen molar-refractivity contribution in [3.05, 3.63) is 90.5 Å². The topological polar surface area (TPSA) is 53.9 Å². The molecule has 150 valence electrons. The number of aromatic nitrogens is 3. The van der Waals surface area contributed by atoms with E-state index in [2.05, 4.69) is 56.6 Å². The molecule has 0 aliphatic carbocycles. The Bertz CT molecular complexity index is 1110. The van der Waals surface area contributed by atoms with Crippen molar-refractivity contribution in [1.29, 1.82) is 0 Å². The van der Waals surface area contributed by atoms with E-state index in [4.69, 9.17) is 4.98 Å². The molecule has 1 fully saturated rings. The van der Waals surface area contributed by atoms with Gasteiger partial charge in [-0.25, -0.2) is 4.98 Å². The third-order valence-electron chi connectivity index (χ3n) is 5.78. The molecule has 30 heavy (non-hydrogen) atoms. The molecule has 5 heteroatoms. The third-order valence-corrected chi connectivity index (χ3v) is 5.78. The van der Waals surface area contributed by atoms with Crippen molar-refractivity contribution in [3.63, 3.8) is 0 Å². The van der Waals surface area contributed by atoms with Crippen LogP contribution in [0.3, 0.4) is 0 Å². The molecular formula is C25H25N5. The van der Waals surface area contributed by atoms with Crippen molar-refractivity contribution in [3.8, 4) is 0 Å². The highest BCUT2D eigenvalue weighted by atomic mass is 15.1. The molecule has 0 amide bonds. The van der Waals surface area contributed by atoms with Crippen LogP contribution >= 0.6 is 0 Å². The zero-order valence-corrected chi connectivity index (χ0v) is 16.9. The summed E-state index contributed by atoms with van der Waals surface area (Å²) in [7, 11) is 0. The highest BCUT2D eigenvalue weighted by Gasteiger charge is 2.22. The molecular weight excluding hydrogens is 370 g/mol. The quantitative estimate of drug-likeness (QED) is 0.507. The maximum atomic E-state index is 4.76. The van der Waals surface area contributed by atoms with Crippen molar-refractivity contribution >= 4 is 22.4 Å². The zero-order valence-electron chi connectivity index (χ0n) is 16.9. The van der Waals surface area contributed by atoms with E-state index in [0.717, 1.165) is 36.7 Å². The van der Waals surface area contributed by atoms with Gasteiger partial charge in [-0.2, -0.15) is 0 Å². The van der Waals surface area contributed by atoms with Crippen LogP contribution in [-0.4, -0.2) is 32.9 Å². The number of likely N-dealkylation sites (tertiary alicyclic amines) is 1. The lowest BCUT2D eigenvalue weighted by Crippen LogP contribution is -2.34. The minimum atomic E-state index is 0.468. The number of benzene rings is 1. The molecule has 1 saturated heterocycles. The van der Waals surface area contributed by atoms with Gasteiger partial charge in [0.2, 0.25) is 0 Å². The number of rotatable bonds is 5. The number of anilines is 2. The lowest BCUT2D eigenvalue weighted by Gasteiger charge is -2.32. The third kappa shape index (κ3) is 4.16. The molecule has 0 spiro atoms. The van der Waals surface area contributed by atoms with Crippen molar-refractivity contribution in [2.45, 2.75) is 25.3 Å². The summed E-state index contributed by atoms with van der Waals surface area (Å²) in [6, 6.07) is 20.7. The summed E-state index contributed by atoms with van der Waals surface area (Å²) in [5.74, 6) is 1.30. The molecule has 0 unspecified atom stereocenters. The minimum Gasteiger partial charge on any atom is -0.339 e. The second-order valence-corrected chi connectivity index (χ2v) is 7.87.